The smallest absolute Gasteiger partial charge is 0.218 e. The Morgan fingerprint density at radius 1 is 0.477 bits per heavy atom. The van der Waals surface area contributed by atoms with Crippen LogP contribution in [-0.4, -0.2) is 51.0 Å². The quantitative estimate of drug-likeness (QED) is 0.206. The molecule has 7 nitrogen and oxygen atoms in total. The molecule has 2 aromatic carbocycles. The van der Waals surface area contributed by atoms with Crippen LogP contribution in [0, 0.1) is 0 Å². The largest absolute Gasteiger partial charge is 0.475 e. The summed E-state index contributed by atoms with van der Waals surface area (Å²) in [5.41, 5.74) is 8.93. The summed E-state index contributed by atoms with van der Waals surface area (Å²) in [6, 6.07) is 27.3. The topological polar surface area (TPSA) is 81.9 Å². The van der Waals surface area contributed by atoms with Crippen molar-refractivity contribution in [3.8, 4) is 44.8 Å². The van der Waals surface area contributed by atoms with E-state index in [-0.39, 0.29) is 11.1 Å². The molecule has 44 heavy (non-hydrogen) atoms. The van der Waals surface area contributed by atoms with Crippen LogP contribution in [0.15, 0.2) is 114 Å². The number of nitrogens with zero attached hydrogens (tertiary/aromatic N) is 5. The fraction of sp³-hybridized carbons (Fsp3) is 0.216. The molecule has 218 valence electrons. The van der Waals surface area contributed by atoms with Crippen LogP contribution in [0.4, 0.5) is 0 Å². The molecule has 0 radical (unpaired) electrons. The van der Waals surface area contributed by atoms with Crippen molar-refractivity contribution in [2.45, 2.75) is 38.8 Å². The average Bonchev–Trinajstić information content (AvgIpc) is 3.62. The van der Waals surface area contributed by atoms with Gasteiger partial charge in [0.25, 0.3) is 0 Å². The van der Waals surface area contributed by atoms with Gasteiger partial charge >= 0.3 is 0 Å². The van der Waals surface area contributed by atoms with Crippen LogP contribution in [0.1, 0.15) is 38.8 Å². The van der Waals surface area contributed by atoms with Gasteiger partial charge in [-0.1, -0.05) is 54.6 Å². The van der Waals surface area contributed by atoms with Crippen molar-refractivity contribution in [2.24, 2.45) is 9.98 Å². The predicted molar refractivity (Wildman–Crippen MR) is 175 cm³/mol. The van der Waals surface area contributed by atoms with E-state index in [1.807, 2.05) is 30.6 Å². The lowest BCUT2D eigenvalue weighted by molar-refractivity contribution is 0.279. The Labute approximate surface area is 257 Å². The van der Waals surface area contributed by atoms with E-state index in [0.29, 0.717) is 25.0 Å². The molecule has 0 spiro atoms. The minimum atomic E-state index is -0.261. The third-order valence-corrected chi connectivity index (χ3v) is 7.65. The zero-order valence-corrected chi connectivity index (χ0v) is 25.3. The van der Waals surface area contributed by atoms with Gasteiger partial charge in [0.15, 0.2) is 0 Å². The highest BCUT2D eigenvalue weighted by Crippen LogP contribution is 2.33. The summed E-state index contributed by atoms with van der Waals surface area (Å²) in [6.07, 6.45) is 7.23. The molecule has 0 amide bonds. The molecular formula is C37H33N5O2. The zero-order chi connectivity index (χ0) is 30.3. The first-order valence-corrected chi connectivity index (χ1v) is 14.8. The van der Waals surface area contributed by atoms with Gasteiger partial charge in [-0.05, 0) is 74.2 Å². The molecule has 0 aliphatic carbocycles. The van der Waals surface area contributed by atoms with Crippen molar-refractivity contribution < 1.29 is 9.47 Å². The van der Waals surface area contributed by atoms with Gasteiger partial charge in [-0.2, -0.15) is 0 Å². The van der Waals surface area contributed by atoms with Crippen molar-refractivity contribution in [2.75, 3.05) is 13.2 Å². The summed E-state index contributed by atoms with van der Waals surface area (Å²) in [5, 5.41) is 0. The van der Waals surface area contributed by atoms with Crippen molar-refractivity contribution >= 4 is 11.8 Å². The van der Waals surface area contributed by atoms with Crippen LogP contribution in [0.2, 0.25) is 0 Å². The van der Waals surface area contributed by atoms with Gasteiger partial charge in [0.2, 0.25) is 11.8 Å². The van der Waals surface area contributed by atoms with Crippen molar-refractivity contribution in [3.63, 3.8) is 0 Å². The molecule has 7 rings (SSSR count). The summed E-state index contributed by atoms with van der Waals surface area (Å²) >= 11 is 0. The fourth-order valence-electron chi connectivity index (χ4n) is 5.34. The molecule has 2 aliphatic heterocycles. The van der Waals surface area contributed by atoms with Gasteiger partial charge in [-0.3, -0.25) is 9.97 Å². The molecule has 0 unspecified atom stereocenters. The number of ether oxygens (including phenoxy) is 2. The second-order valence-corrected chi connectivity index (χ2v) is 12.5. The van der Waals surface area contributed by atoms with Gasteiger partial charge < -0.3 is 9.47 Å². The van der Waals surface area contributed by atoms with E-state index >= 15 is 0 Å². The molecule has 7 heteroatoms. The minimum absolute atomic E-state index is 0.261. The monoisotopic (exact) mass is 579 g/mol. The Balaban J connectivity index is 1.32. The Hall–Kier alpha value is -5.17. The molecule has 2 aliphatic rings. The number of aliphatic imine (C=N–C) groups is 2. The maximum atomic E-state index is 5.91. The number of hydrogen-bond acceptors (Lipinski definition) is 7. The predicted octanol–water partition coefficient (Wildman–Crippen LogP) is 7.65. The Bertz CT molecular complexity index is 1820. The molecule has 0 N–H and O–H groups in total. The molecule has 0 bridgehead atoms. The highest BCUT2D eigenvalue weighted by atomic mass is 16.5. The maximum absolute atomic E-state index is 5.91. The third kappa shape index (κ3) is 5.73. The van der Waals surface area contributed by atoms with E-state index in [1.54, 1.807) is 12.4 Å². The van der Waals surface area contributed by atoms with E-state index in [1.165, 1.54) is 5.56 Å². The summed E-state index contributed by atoms with van der Waals surface area (Å²) in [6.45, 7) is 9.32. The van der Waals surface area contributed by atoms with Crippen LogP contribution in [0.5, 0.6) is 0 Å². The van der Waals surface area contributed by atoms with E-state index in [0.717, 1.165) is 50.3 Å². The van der Waals surface area contributed by atoms with Gasteiger partial charge in [-0.25, -0.2) is 15.0 Å². The first-order valence-electron chi connectivity index (χ1n) is 14.8. The van der Waals surface area contributed by atoms with Crippen LogP contribution in [0.3, 0.4) is 0 Å². The lowest BCUT2D eigenvalue weighted by Gasteiger charge is -2.12. The molecule has 0 fully saturated rings. The minimum Gasteiger partial charge on any atom is -0.475 e. The molecule has 0 saturated heterocycles. The fourth-order valence-corrected chi connectivity index (χ4v) is 5.34. The molecule has 0 atom stereocenters. The normalized spacial score (nSPS) is 16.5. The van der Waals surface area contributed by atoms with Crippen LogP contribution in [0.25, 0.3) is 44.8 Å². The first-order chi connectivity index (χ1) is 21.2. The average molecular weight is 580 g/mol. The summed E-state index contributed by atoms with van der Waals surface area (Å²) in [5.74, 6) is 1.21. The van der Waals surface area contributed by atoms with E-state index in [4.69, 9.17) is 24.4 Å². The molecular weight excluding hydrogens is 546 g/mol. The lowest BCUT2D eigenvalue weighted by Crippen LogP contribution is -2.17. The Morgan fingerprint density at radius 2 is 0.909 bits per heavy atom. The summed E-state index contributed by atoms with van der Waals surface area (Å²) in [4.78, 5) is 23.7. The number of hydrogen-bond donors (Lipinski definition) is 0. The van der Waals surface area contributed by atoms with Crippen molar-refractivity contribution in [1.29, 1.82) is 0 Å². The maximum Gasteiger partial charge on any atom is 0.218 e. The Morgan fingerprint density at radius 3 is 1.36 bits per heavy atom. The van der Waals surface area contributed by atoms with Gasteiger partial charge in [0.05, 0.1) is 33.6 Å². The molecule has 5 heterocycles. The number of benzene rings is 2. The highest BCUT2D eigenvalue weighted by molar-refractivity contribution is 5.97. The molecule has 5 aromatic rings. The highest BCUT2D eigenvalue weighted by Gasteiger charge is 2.28. The lowest BCUT2D eigenvalue weighted by atomic mass is 9.98. The second-order valence-electron chi connectivity index (χ2n) is 12.5. The van der Waals surface area contributed by atoms with E-state index < -0.39 is 0 Å². The Kier molecular flexibility index (Phi) is 6.81. The standard InChI is InChI=1S/C37H33N5O2/c1-36(2)22-43-34(41-36)30-14-28(18-38-20-30)32-16-27(26-12-10-25(11-13-26)24-8-6-5-7-9-24)17-33(40-32)29-15-31(21-39-19-29)35-42-37(3,4)23-44-35/h5-21H,22-23H2,1-4H3. The number of aromatic nitrogens is 3. The van der Waals surface area contributed by atoms with Crippen molar-refractivity contribution in [3.05, 3.63) is 115 Å². The van der Waals surface area contributed by atoms with E-state index in [9.17, 15) is 0 Å². The summed E-state index contributed by atoms with van der Waals surface area (Å²) < 4.78 is 11.8. The number of rotatable bonds is 6. The van der Waals surface area contributed by atoms with Gasteiger partial charge in [0.1, 0.15) is 13.2 Å². The zero-order valence-electron chi connectivity index (χ0n) is 25.3. The van der Waals surface area contributed by atoms with Crippen LogP contribution < -0.4 is 0 Å². The van der Waals surface area contributed by atoms with Gasteiger partial charge in [0, 0.05) is 35.9 Å². The summed E-state index contributed by atoms with van der Waals surface area (Å²) in [7, 11) is 0. The van der Waals surface area contributed by atoms with E-state index in [2.05, 4.69) is 98.3 Å². The van der Waals surface area contributed by atoms with Crippen LogP contribution in [-0.2, 0) is 9.47 Å². The number of pyridine rings is 3. The SMILES string of the molecule is CC1(C)COC(c2cncc(-c3cc(-c4ccc(-c5ccccc5)cc4)cc(-c4cncc(C5=NC(C)(C)CO5)c4)n3)c2)=N1. The third-order valence-electron chi connectivity index (χ3n) is 7.65. The first kappa shape index (κ1) is 27.7. The van der Waals surface area contributed by atoms with Crippen LogP contribution >= 0.6 is 0 Å². The van der Waals surface area contributed by atoms with Gasteiger partial charge in [-0.15, -0.1) is 0 Å². The molecule has 0 saturated carbocycles. The molecule has 3 aromatic heterocycles. The second kappa shape index (κ2) is 10.8. The van der Waals surface area contributed by atoms with Crippen molar-refractivity contribution in [1.82, 2.24) is 15.0 Å².